The van der Waals surface area contributed by atoms with E-state index in [0.717, 1.165) is 18.6 Å². The molecule has 5 unspecified atom stereocenters. The van der Waals surface area contributed by atoms with Gasteiger partial charge in [0.15, 0.2) is 5.82 Å². The third-order valence-electron chi connectivity index (χ3n) is 10.3. The van der Waals surface area contributed by atoms with Crippen LogP contribution in [0.4, 0.5) is 8.78 Å². The highest BCUT2D eigenvalue weighted by atomic mass is 32.2. The van der Waals surface area contributed by atoms with Crippen molar-refractivity contribution < 1.29 is 41.1 Å². The molecule has 2 aromatic carbocycles. The van der Waals surface area contributed by atoms with Crippen LogP contribution in [0.25, 0.3) is 11.0 Å². The lowest BCUT2D eigenvalue weighted by Crippen LogP contribution is -2.58. The topological polar surface area (TPSA) is 177 Å². The van der Waals surface area contributed by atoms with E-state index < -0.39 is 80.2 Å². The highest BCUT2D eigenvalue weighted by molar-refractivity contribution is 7.91. The molecule has 280 valence electrons. The van der Waals surface area contributed by atoms with Gasteiger partial charge in [-0.3, -0.25) is 23.9 Å². The summed E-state index contributed by atoms with van der Waals surface area (Å²) in [6.07, 6.45) is 6.77. The maximum atomic E-state index is 14.7. The molecule has 53 heavy (non-hydrogen) atoms. The Bertz CT molecular complexity index is 2090. The Hall–Kier alpha value is -4.99. The lowest BCUT2D eigenvalue weighted by atomic mass is 10.0. The summed E-state index contributed by atoms with van der Waals surface area (Å²) in [5.74, 6) is -4.31. The Morgan fingerprint density at radius 2 is 1.79 bits per heavy atom. The van der Waals surface area contributed by atoms with Gasteiger partial charge in [0, 0.05) is 17.9 Å². The first kappa shape index (κ1) is 36.4. The van der Waals surface area contributed by atoms with Crippen molar-refractivity contribution in [1.82, 2.24) is 30.2 Å². The van der Waals surface area contributed by atoms with Gasteiger partial charge in [0.05, 0.1) is 17.3 Å². The Balaban J connectivity index is 1.20. The molecule has 2 saturated carbocycles. The molecular weight excluding hydrogens is 711 g/mol. The predicted octanol–water partition coefficient (Wildman–Crippen LogP) is 3.37. The second kappa shape index (κ2) is 14.4. The van der Waals surface area contributed by atoms with Gasteiger partial charge in [-0.25, -0.2) is 27.2 Å². The van der Waals surface area contributed by atoms with Crippen LogP contribution < -0.4 is 20.1 Å². The third-order valence-corrected chi connectivity index (χ3v) is 12.1. The fourth-order valence-corrected chi connectivity index (χ4v) is 8.44. The van der Waals surface area contributed by atoms with E-state index in [1.165, 1.54) is 29.2 Å². The molecule has 3 N–H and O–H groups in total. The van der Waals surface area contributed by atoms with E-state index in [1.807, 2.05) is 12.2 Å². The summed E-state index contributed by atoms with van der Waals surface area (Å²) in [6, 6.07) is 6.98. The molecule has 1 saturated heterocycles. The van der Waals surface area contributed by atoms with E-state index in [0.29, 0.717) is 43.3 Å². The van der Waals surface area contributed by atoms with Crippen molar-refractivity contribution in [2.24, 2.45) is 5.92 Å². The maximum absolute atomic E-state index is 14.7. The molecule has 0 spiro atoms. The van der Waals surface area contributed by atoms with Crippen LogP contribution in [0.3, 0.4) is 0 Å². The minimum atomic E-state index is -3.93. The van der Waals surface area contributed by atoms with E-state index in [4.69, 9.17) is 4.74 Å². The number of rotatable bonds is 7. The van der Waals surface area contributed by atoms with Crippen LogP contribution in [0.5, 0.6) is 5.88 Å². The minimum Gasteiger partial charge on any atom is -0.471 e. The van der Waals surface area contributed by atoms with E-state index in [2.05, 4.69) is 25.3 Å². The van der Waals surface area contributed by atoms with Crippen molar-refractivity contribution in [3.05, 3.63) is 77.5 Å². The number of benzene rings is 2. The Kier molecular flexibility index (Phi) is 9.91. The molecule has 2 aliphatic carbocycles. The largest absolute Gasteiger partial charge is 0.471 e. The van der Waals surface area contributed by atoms with Gasteiger partial charge in [-0.05, 0) is 81.8 Å². The van der Waals surface area contributed by atoms with Crippen molar-refractivity contribution in [1.29, 1.82) is 0 Å². The number of carbonyl (C=O) groups excluding carboxylic acids is 4. The average molecular weight is 751 g/mol. The van der Waals surface area contributed by atoms with Crippen LogP contribution in [0, 0.1) is 24.5 Å². The van der Waals surface area contributed by atoms with Crippen LogP contribution in [0.15, 0.2) is 54.6 Å². The van der Waals surface area contributed by atoms with Gasteiger partial charge >= 0.3 is 0 Å². The molecule has 13 nitrogen and oxygen atoms in total. The molecule has 7 rings (SSSR count). The first-order chi connectivity index (χ1) is 25.3. The summed E-state index contributed by atoms with van der Waals surface area (Å²) in [5.41, 5.74) is -0.752. The van der Waals surface area contributed by atoms with Crippen molar-refractivity contribution >= 4 is 44.7 Å². The summed E-state index contributed by atoms with van der Waals surface area (Å²) in [5, 5.41) is 4.92. The molecule has 3 heterocycles. The van der Waals surface area contributed by atoms with Crippen LogP contribution in [-0.2, 0) is 24.4 Å². The van der Waals surface area contributed by atoms with Gasteiger partial charge in [0.1, 0.15) is 40.8 Å². The number of ether oxygens (including phenoxy) is 1. The number of hydrogen-bond donors (Lipinski definition) is 3. The Labute approximate surface area is 305 Å². The lowest BCUT2D eigenvalue weighted by molar-refractivity contribution is -0.141. The second-order valence-electron chi connectivity index (χ2n) is 14.2. The van der Waals surface area contributed by atoms with Crippen molar-refractivity contribution in [3.63, 3.8) is 0 Å². The number of nitrogens with one attached hydrogen (secondary N) is 3. The fourth-order valence-electron chi connectivity index (χ4n) is 7.08. The zero-order chi connectivity index (χ0) is 37.5. The molecule has 16 heteroatoms. The highest BCUT2D eigenvalue weighted by Gasteiger charge is 2.62. The van der Waals surface area contributed by atoms with E-state index in [9.17, 15) is 36.4 Å². The normalized spacial score (nSPS) is 27.0. The number of amides is 4. The summed E-state index contributed by atoms with van der Waals surface area (Å²) in [6.45, 7) is 1.51. The smallest absolute Gasteiger partial charge is 0.259 e. The monoisotopic (exact) mass is 750 g/mol. The lowest BCUT2D eigenvalue weighted by Gasteiger charge is -2.30. The van der Waals surface area contributed by atoms with Crippen LogP contribution in [-0.4, -0.2) is 82.4 Å². The van der Waals surface area contributed by atoms with Gasteiger partial charge in [0.2, 0.25) is 27.7 Å². The number of sulfonamides is 1. The standard InChI is InChI=1S/C37H40F2N6O7S/c1-21-34(42-31-27(39)9-7-11-28(31)40-21)52-25-18-30-33(47)43-37(36(49)44-53(50,51)26-16-17-26)19-23(37)8-5-3-2-4-6-10-29(35(48)45(30)20-25)41-32(46)22-12-14-24(38)15-13-22/h5,7-9,11-15,23,25-26,29-30H,2-4,6,10,16-20H2,1H3,(H,41,46)(H,43,47)(H,44,49)/b8-5-. The van der Waals surface area contributed by atoms with Crippen molar-refractivity contribution in [3.8, 4) is 5.88 Å². The SMILES string of the molecule is Cc1nc2cccc(F)c2nc1OC1CC2C(=O)NC3(C(=O)NS(=O)(=O)C4CC4)CC3/C=C\CCCCCC(NC(=O)c3ccc(F)cc3)C(=O)N2C1. The van der Waals surface area contributed by atoms with Gasteiger partial charge in [-0.15, -0.1) is 0 Å². The Morgan fingerprint density at radius 1 is 1.02 bits per heavy atom. The maximum Gasteiger partial charge on any atom is 0.259 e. The third kappa shape index (κ3) is 7.73. The van der Waals surface area contributed by atoms with Crippen LogP contribution in [0.1, 0.15) is 73.8 Å². The van der Waals surface area contributed by atoms with Crippen molar-refractivity contribution in [2.45, 2.75) is 93.7 Å². The number of nitrogens with zero attached hydrogens (tertiary/aromatic N) is 3. The van der Waals surface area contributed by atoms with E-state index in [1.54, 1.807) is 13.0 Å². The zero-order valence-electron chi connectivity index (χ0n) is 29.0. The second-order valence-corrected chi connectivity index (χ2v) is 16.2. The molecule has 4 amide bonds. The Morgan fingerprint density at radius 3 is 2.55 bits per heavy atom. The number of fused-ring (bicyclic) bond motifs is 3. The minimum absolute atomic E-state index is 0.0119. The molecule has 0 bridgehead atoms. The molecule has 3 fully saturated rings. The summed E-state index contributed by atoms with van der Waals surface area (Å²) in [7, 11) is -3.93. The molecule has 1 aromatic heterocycles. The number of aromatic nitrogens is 2. The molecule has 5 atom stereocenters. The molecule has 0 radical (unpaired) electrons. The number of hydrogen-bond acceptors (Lipinski definition) is 9. The van der Waals surface area contributed by atoms with Gasteiger partial charge in [0.25, 0.3) is 11.8 Å². The predicted molar refractivity (Wildman–Crippen MR) is 188 cm³/mol. The van der Waals surface area contributed by atoms with E-state index >= 15 is 0 Å². The highest BCUT2D eigenvalue weighted by Crippen LogP contribution is 2.46. The molecule has 2 aliphatic heterocycles. The number of aryl methyl sites for hydroxylation is 1. The zero-order valence-corrected chi connectivity index (χ0v) is 29.8. The van der Waals surface area contributed by atoms with Crippen LogP contribution in [0.2, 0.25) is 0 Å². The number of halogens is 2. The van der Waals surface area contributed by atoms with Gasteiger partial charge < -0.3 is 20.3 Å². The average Bonchev–Trinajstić information content (AvgIpc) is 4.05. The van der Waals surface area contributed by atoms with E-state index in [-0.39, 0.29) is 42.8 Å². The van der Waals surface area contributed by atoms with Gasteiger partial charge in [-0.1, -0.05) is 31.1 Å². The number of allylic oxidation sites excluding steroid dienone is 1. The molecule has 3 aromatic rings. The fraction of sp³-hybridized carbons (Fsp3) is 0.459. The molecular formula is C37H40F2N6O7S. The molecule has 4 aliphatic rings. The quantitative estimate of drug-likeness (QED) is 0.306. The summed E-state index contributed by atoms with van der Waals surface area (Å²) >= 11 is 0. The number of para-hydroxylation sites is 1. The summed E-state index contributed by atoms with van der Waals surface area (Å²) in [4.78, 5) is 65.8. The van der Waals surface area contributed by atoms with Gasteiger partial charge in [-0.2, -0.15) is 0 Å². The van der Waals surface area contributed by atoms with Crippen LogP contribution >= 0.6 is 0 Å². The number of carbonyl (C=O) groups is 4. The summed E-state index contributed by atoms with van der Waals surface area (Å²) < 4.78 is 62.2. The first-order valence-corrected chi connectivity index (χ1v) is 19.4. The first-order valence-electron chi connectivity index (χ1n) is 17.9. The van der Waals surface area contributed by atoms with Crippen molar-refractivity contribution in [2.75, 3.05) is 6.54 Å².